The van der Waals surface area contributed by atoms with Crippen LogP contribution < -0.4 is 10.5 Å². The van der Waals surface area contributed by atoms with Gasteiger partial charge in [0.05, 0.1) is 10.2 Å². The molecule has 0 bridgehead atoms. The summed E-state index contributed by atoms with van der Waals surface area (Å²) in [5.74, 6) is 0.728. The van der Waals surface area contributed by atoms with E-state index >= 15 is 0 Å². The number of halogens is 2. The smallest absolute Gasteiger partial charge is 0.151 e. The van der Waals surface area contributed by atoms with Crippen molar-refractivity contribution in [3.8, 4) is 11.5 Å². The molecule has 0 saturated heterocycles. The quantitative estimate of drug-likeness (QED) is 0.824. The zero-order valence-electron chi connectivity index (χ0n) is 10.1. The SMILES string of the molecule is Cc1cc(C)cc(Oc2cc(Br)c(F)cc2N)c1. The molecular formula is C14H13BrFNO. The maximum Gasteiger partial charge on any atom is 0.151 e. The fourth-order valence-corrected chi connectivity index (χ4v) is 2.07. The first kappa shape index (κ1) is 12.9. The summed E-state index contributed by atoms with van der Waals surface area (Å²) in [4.78, 5) is 0. The van der Waals surface area contributed by atoms with Gasteiger partial charge >= 0.3 is 0 Å². The molecule has 0 aromatic heterocycles. The number of hydrogen-bond donors (Lipinski definition) is 1. The van der Waals surface area contributed by atoms with Crippen LogP contribution in [0.15, 0.2) is 34.8 Å². The molecule has 2 rings (SSSR count). The number of rotatable bonds is 2. The molecule has 0 aliphatic carbocycles. The lowest BCUT2D eigenvalue weighted by molar-refractivity contribution is 0.481. The van der Waals surface area contributed by atoms with Crippen molar-refractivity contribution in [1.82, 2.24) is 0 Å². The Balaban J connectivity index is 2.36. The van der Waals surface area contributed by atoms with E-state index in [0.29, 0.717) is 16.0 Å². The molecule has 2 N–H and O–H groups in total. The van der Waals surface area contributed by atoms with Crippen LogP contribution in [0.1, 0.15) is 11.1 Å². The van der Waals surface area contributed by atoms with Crippen LogP contribution in [-0.2, 0) is 0 Å². The second-order valence-electron chi connectivity index (χ2n) is 4.23. The number of aryl methyl sites for hydroxylation is 2. The Labute approximate surface area is 114 Å². The highest BCUT2D eigenvalue weighted by Crippen LogP contribution is 2.32. The molecule has 4 heteroatoms. The Morgan fingerprint density at radius 1 is 1.06 bits per heavy atom. The van der Waals surface area contributed by atoms with Gasteiger partial charge in [0.1, 0.15) is 11.6 Å². The van der Waals surface area contributed by atoms with Gasteiger partial charge in [0.2, 0.25) is 0 Å². The van der Waals surface area contributed by atoms with Crippen LogP contribution in [0.2, 0.25) is 0 Å². The first-order valence-corrected chi connectivity index (χ1v) is 6.25. The summed E-state index contributed by atoms with van der Waals surface area (Å²) in [6, 6.07) is 8.63. The van der Waals surface area contributed by atoms with E-state index in [1.165, 1.54) is 12.1 Å². The molecule has 2 aromatic rings. The van der Waals surface area contributed by atoms with Crippen molar-refractivity contribution in [2.45, 2.75) is 13.8 Å². The standard InChI is InChI=1S/C14H13BrFNO/c1-8-3-9(2)5-10(4-8)18-14-6-11(15)12(16)7-13(14)17/h3-7H,17H2,1-2H3. The van der Waals surface area contributed by atoms with Gasteiger partial charge in [0.15, 0.2) is 5.75 Å². The lowest BCUT2D eigenvalue weighted by atomic mass is 10.1. The van der Waals surface area contributed by atoms with E-state index in [0.717, 1.165) is 11.1 Å². The van der Waals surface area contributed by atoms with Gasteiger partial charge in [-0.2, -0.15) is 0 Å². The molecule has 0 amide bonds. The van der Waals surface area contributed by atoms with Crippen LogP contribution in [0.5, 0.6) is 11.5 Å². The van der Waals surface area contributed by atoms with Gasteiger partial charge in [0, 0.05) is 12.1 Å². The maximum absolute atomic E-state index is 13.2. The monoisotopic (exact) mass is 309 g/mol. The minimum absolute atomic E-state index is 0.273. The van der Waals surface area contributed by atoms with Crippen molar-refractivity contribution in [3.63, 3.8) is 0 Å². The first-order chi connectivity index (χ1) is 8.45. The molecule has 0 radical (unpaired) electrons. The molecule has 0 spiro atoms. The fourth-order valence-electron chi connectivity index (χ4n) is 1.75. The van der Waals surface area contributed by atoms with Gasteiger partial charge in [-0.05, 0) is 53.0 Å². The van der Waals surface area contributed by atoms with Crippen LogP contribution in [0.25, 0.3) is 0 Å². The molecule has 0 unspecified atom stereocenters. The number of anilines is 1. The molecule has 0 atom stereocenters. The summed E-state index contributed by atoms with van der Waals surface area (Å²) in [7, 11) is 0. The molecule has 94 valence electrons. The summed E-state index contributed by atoms with van der Waals surface area (Å²) >= 11 is 3.11. The van der Waals surface area contributed by atoms with Crippen molar-refractivity contribution in [2.75, 3.05) is 5.73 Å². The summed E-state index contributed by atoms with van der Waals surface area (Å²) < 4.78 is 19.3. The third kappa shape index (κ3) is 2.82. The Morgan fingerprint density at radius 2 is 1.67 bits per heavy atom. The zero-order valence-corrected chi connectivity index (χ0v) is 11.7. The number of benzene rings is 2. The van der Waals surface area contributed by atoms with Gasteiger partial charge in [0.25, 0.3) is 0 Å². The Kier molecular flexibility index (Phi) is 3.57. The summed E-state index contributed by atoms with van der Waals surface area (Å²) in [5.41, 5.74) is 8.20. The zero-order chi connectivity index (χ0) is 13.3. The molecular weight excluding hydrogens is 297 g/mol. The summed E-state index contributed by atoms with van der Waals surface area (Å²) in [6.45, 7) is 3.98. The van der Waals surface area contributed by atoms with Gasteiger partial charge in [-0.15, -0.1) is 0 Å². The Morgan fingerprint density at radius 3 is 2.28 bits per heavy atom. The van der Waals surface area contributed by atoms with Crippen LogP contribution >= 0.6 is 15.9 Å². The Bertz CT molecular complexity index is 578. The topological polar surface area (TPSA) is 35.2 Å². The lowest BCUT2D eigenvalue weighted by Gasteiger charge is -2.11. The number of hydrogen-bond acceptors (Lipinski definition) is 2. The first-order valence-electron chi connectivity index (χ1n) is 5.46. The summed E-state index contributed by atoms with van der Waals surface area (Å²) in [5, 5.41) is 0. The molecule has 0 heterocycles. The molecule has 0 aliphatic heterocycles. The van der Waals surface area contributed by atoms with E-state index in [4.69, 9.17) is 10.5 Å². The predicted molar refractivity (Wildman–Crippen MR) is 74.5 cm³/mol. The van der Waals surface area contributed by atoms with E-state index in [9.17, 15) is 4.39 Å². The third-order valence-corrected chi connectivity index (χ3v) is 3.08. The minimum Gasteiger partial charge on any atom is -0.455 e. The molecule has 0 aliphatic rings. The van der Waals surface area contributed by atoms with E-state index < -0.39 is 5.82 Å². The fraction of sp³-hybridized carbons (Fsp3) is 0.143. The van der Waals surface area contributed by atoms with Gasteiger partial charge in [-0.3, -0.25) is 0 Å². The molecule has 0 fully saturated rings. The van der Waals surface area contributed by atoms with Crippen LogP contribution in [0.4, 0.5) is 10.1 Å². The van der Waals surface area contributed by atoms with Gasteiger partial charge in [-0.25, -0.2) is 4.39 Å². The van der Waals surface area contributed by atoms with Crippen molar-refractivity contribution >= 4 is 21.6 Å². The Hall–Kier alpha value is -1.55. The predicted octanol–water partition coefficient (Wildman–Crippen LogP) is 4.58. The van der Waals surface area contributed by atoms with E-state index in [2.05, 4.69) is 22.0 Å². The average Bonchev–Trinajstić information content (AvgIpc) is 2.24. The highest BCUT2D eigenvalue weighted by atomic mass is 79.9. The third-order valence-electron chi connectivity index (χ3n) is 2.48. The van der Waals surface area contributed by atoms with Gasteiger partial charge < -0.3 is 10.5 Å². The van der Waals surface area contributed by atoms with Crippen LogP contribution in [0, 0.1) is 19.7 Å². The molecule has 2 aromatic carbocycles. The maximum atomic E-state index is 13.2. The van der Waals surface area contributed by atoms with Crippen LogP contribution in [-0.4, -0.2) is 0 Å². The van der Waals surface area contributed by atoms with Crippen LogP contribution in [0.3, 0.4) is 0 Å². The normalized spacial score (nSPS) is 10.4. The highest BCUT2D eigenvalue weighted by molar-refractivity contribution is 9.10. The van der Waals surface area contributed by atoms with E-state index in [1.807, 2.05) is 26.0 Å². The van der Waals surface area contributed by atoms with E-state index in [-0.39, 0.29) is 5.69 Å². The molecule has 18 heavy (non-hydrogen) atoms. The largest absolute Gasteiger partial charge is 0.455 e. The van der Waals surface area contributed by atoms with Crippen molar-refractivity contribution in [1.29, 1.82) is 0 Å². The van der Waals surface area contributed by atoms with Crippen molar-refractivity contribution in [2.24, 2.45) is 0 Å². The highest BCUT2D eigenvalue weighted by Gasteiger charge is 2.08. The minimum atomic E-state index is -0.403. The second-order valence-corrected chi connectivity index (χ2v) is 5.08. The second kappa shape index (κ2) is 4.98. The summed E-state index contributed by atoms with van der Waals surface area (Å²) in [6.07, 6.45) is 0. The number of nitrogens with two attached hydrogens (primary N) is 1. The van der Waals surface area contributed by atoms with Crippen molar-refractivity contribution < 1.29 is 9.13 Å². The molecule has 2 nitrogen and oxygen atoms in total. The lowest BCUT2D eigenvalue weighted by Crippen LogP contribution is -1.94. The van der Waals surface area contributed by atoms with E-state index in [1.54, 1.807) is 0 Å². The number of nitrogen functional groups attached to an aromatic ring is 1. The average molecular weight is 310 g/mol. The van der Waals surface area contributed by atoms with Crippen molar-refractivity contribution in [3.05, 3.63) is 51.7 Å². The number of ether oxygens (including phenoxy) is 1. The van der Waals surface area contributed by atoms with Gasteiger partial charge in [-0.1, -0.05) is 6.07 Å². The molecule has 0 saturated carbocycles.